The highest BCUT2D eigenvalue weighted by Gasteiger charge is 2.25. The van der Waals surface area contributed by atoms with Crippen molar-refractivity contribution in [3.05, 3.63) is 62.3 Å². The van der Waals surface area contributed by atoms with E-state index in [0.29, 0.717) is 35.3 Å². The fraction of sp³-hybridized carbons (Fsp3) is 0.435. The van der Waals surface area contributed by atoms with Crippen LogP contribution in [-0.4, -0.2) is 45.6 Å². The van der Waals surface area contributed by atoms with Crippen LogP contribution in [0.3, 0.4) is 0 Å². The molecule has 1 aliphatic heterocycles. The summed E-state index contributed by atoms with van der Waals surface area (Å²) < 4.78 is 4.78. The first-order valence-electron chi connectivity index (χ1n) is 10.6. The lowest BCUT2D eigenvalue weighted by Gasteiger charge is -2.31. The molecule has 1 aromatic carbocycles. The number of aromatic amines is 1. The third kappa shape index (κ3) is 5.03. The van der Waals surface area contributed by atoms with Crippen molar-refractivity contribution in [3.63, 3.8) is 0 Å². The number of likely N-dealkylation sites (tertiary alicyclic amines) is 1. The number of ether oxygens (including phenoxy) is 1. The number of methoxy groups -OCH3 is 1. The summed E-state index contributed by atoms with van der Waals surface area (Å²) in [4.78, 5) is 35.3. The number of carbonyl (C=O) groups excluding carboxylic acids is 1. The van der Waals surface area contributed by atoms with Crippen LogP contribution in [0.4, 0.5) is 0 Å². The van der Waals surface area contributed by atoms with Gasteiger partial charge in [0.2, 0.25) is 0 Å². The van der Waals surface area contributed by atoms with Crippen molar-refractivity contribution < 1.29 is 14.6 Å². The maximum absolute atomic E-state index is 12.6. The predicted octanol–water partition coefficient (Wildman–Crippen LogP) is 3.64. The van der Waals surface area contributed by atoms with E-state index in [1.54, 1.807) is 29.5 Å². The lowest BCUT2D eigenvalue weighted by molar-refractivity contribution is 0.0601. The van der Waals surface area contributed by atoms with E-state index in [1.165, 1.54) is 7.11 Å². The molecule has 1 aliphatic rings. The molecular formula is C23H27N3O4S. The Morgan fingerprint density at radius 3 is 3.00 bits per heavy atom. The van der Waals surface area contributed by atoms with Crippen LogP contribution in [-0.2, 0) is 11.3 Å². The Kier molecular flexibility index (Phi) is 6.80. The highest BCUT2D eigenvalue weighted by atomic mass is 32.1. The molecular weight excluding hydrogens is 414 g/mol. The Bertz CT molecular complexity index is 1100. The molecule has 31 heavy (non-hydrogen) atoms. The van der Waals surface area contributed by atoms with E-state index in [-0.39, 0.29) is 11.6 Å². The van der Waals surface area contributed by atoms with Gasteiger partial charge in [-0.25, -0.2) is 9.78 Å². The molecule has 0 spiro atoms. The third-order valence-electron chi connectivity index (χ3n) is 5.90. The molecule has 0 amide bonds. The minimum absolute atomic E-state index is 0.210. The number of H-pyrrole nitrogens is 1. The topological polar surface area (TPSA) is 95.5 Å². The van der Waals surface area contributed by atoms with Gasteiger partial charge >= 0.3 is 5.97 Å². The number of aliphatic hydroxyl groups is 1. The van der Waals surface area contributed by atoms with Gasteiger partial charge in [-0.05, 0) is 55.5 Å². The molecule has 0 saturated carbocycles. The van der Waals surface area contributed by atoms with Crippen molar-refractivity contribution in [3.8, 4) is 0 Å². The van der Waals surface area contributed by atoms with Crippen molar-refractivity contribution in [2.75, 3.05) is 13.7 Å². The average molecular weight is 442 g/mol. The van der Waals surface area contributed by atoms with Gasteiger partial charge in [-0.1, -0.05) is 18.9 Å². The van der Waals surface area contributed by atoms with Gasteiger partial charge in [0.05, 0.1) is 36.2 Å². The molecule has 3 heterocycles. The smallest absolute Gasteiger partial charge is 0.337 e. The third-order valence-corrected chi connectivity index (χ3v) is 6.87. The summed E-state index contributed by atoms with van der Waals surface area (Å²) in [5.74, 6) is 0.109. The van der Waals surface area contributed by atoms with Crippen molar-refractivity contribution in [2.24, 2.45) is 0 Å². The van der Waals surface area contributed by atoms with Gasteiger partial charge in [0.25, 0.3) is 5.56 Å². The number of carbonyl (C=O) groups is 1. The zero-order valence-corrected chi connectivity index (χ0v) is 18.4. The molecule has 3 aromatic rings. The molecule has 0 radical (unpaired) electrons. The van der Waals surface area contributed by atoms with E-state index in [9.17, 15) is 14.7 Å². The summed E-state index contributed by atoms with van der Waals surface area (Å²) in [5.41, 5.74) is 0.624. The quantitative estimate of drug-likeness (QED) is 0.567. The first-order chi connectivity index (χ1) is 15.0. The zero-order chi connectivity index (χ0) is 21.8. The molecule has 164 valence electrons. The number of nitrogens with zero attached hydrogens (tertiary/aromatic N) is 2. The summed E-state index contributed by atoms with van der Waals surface area (Å²) in [5, 5.41) is 13.1. The molecule has 4 rings (SSSR count). The standard InChI is InChI=1S/C23H27N3O4S/c1-30-23(29)15-8-9-17-18(12-15)24-21(25-22(17)28)14-26-10-4-2-3-6-16(26)13-19(27)20-7-5-11-31-20/h5,7-9,11-12,16,19,27H,2-4,6,10,13-14H2,1H3,(H,24,25,28)/t16-,19-/m1/s1. The first kappa shape index (κ1) is 21.7. The zero-order valence-electron chi connectivity index (χ0n) is 17.5. The van der Waals surface area contributed by atoms with Crippen molar-refractivity contribution in [1.82, 2.24) is 14.9 Å². The van der Waals surface area contributed by atoms with Crippen molar-refractivity contribution in [2.45, 2.75) is 50.8 Å². The number of aromatic nitrogens is 2. The van der Waals surface area contributed by atoms with Gasteiger partial charge in [-0.15, -0.1) is 11.3 Å². The van der Waals surface area contributed by atoms with Crippen LogP contribution in [0.2, 0.25) is 0 Å². The SMILES string of the molecule is COC(=O)c1ccc2c(=O)[nH]c(CN3CCCCC[C@@H]3C[C@@H](O)c3cccs3)nc2c1. The van der Waals surface area contributed by atoms with Crippen LogP contribution >= 0.6 is 11.3 Å². The average Bonchev–Trinajstić information content (AvgIpc) is 3.23. The van der Waals surface area contributed by atoms with Gasteiger partial charge in [0, 0.05) is 10.9 Å². The fourth-order valence-corrected chi connectivity index (χ4v) is 4.99. The lowest BCUT2D eigenvalue weighted by atomic mass is 10.0. The number of esters is 1. The molecule has 0 aliphatic carbocycles. The van der Waals surface area contributed by atoms with Gasteiger partial charge in [0.15, 0.2) is 0 Å². The van der Waals surface area contributed by atoms with Crippen molar-refractivity contribution in [1.29, 1.82) is 0 Å². The first-order valence-corrected chi connectivity index (χ1v) is 11.5. The summed E-state index contributed by atoms with van der Waals surface area (Å²) in [6.07, 6.45) is 4.54. The van der Waals surface area contributed by atoms with Crippen LogP contribution in [0, 0.1) is 0 Å². The fourth-order valence-electron chi connectivity index (χ4n) is 4.27. The maximum Gasteiger partial charge on any atom is 0.337 e. The number of aliphatic hydroxyl groups excluding tert-OH is 1. The second-order valence-electron chi connectivity index (χ2n) is 7.98. The van der Waals surface area contributed by atoms with Crippen LogP contribution in [0.15, 0.2) is 40.5 Å². The number of hydrogen-bond acceptors (Lipinski definition) is 7. The van der Waals surface area contributed by atoms with E-state index in [0.717, 1.165) is 37.1 Å². The summed E-state index contributed by atoms with van der Waals surface area (Å²) in [6.45, 7) is 1.39. The normalized spacial score (nSPS) is 18.6. The van der Waals surface area contributed by atoms with E-state index in [1.807, 2.05) is 17.5 Å². The highest BCUT2D eigenvalue weighted by Crippen LogP contribution is 2.29. The molecule has 2 N–H and O–H groups in total. The molecule has 2 atom stereocenters. The van der Waals surface area contributed by atoms with E-state index in [4.69, 9.17) is 4.74 Å². The number of fused-ring (bicyclic) bond motifs is 1. The van der Waals surface area contributed by atoms with Gasteiger partial charge in [-0.3, -0.25) is 9.69 Å². The Morgan fingerprint density at radius 2 is 2.23 bits per heavy atom. The minimum atomic E-state index is -0.489. The van der Waals surface area contributed by atoms with E-state index >= 15 is 0 Å². The molecule has 7 nitrogen and oxygen atoms in total. The Morgan fingerprint density at radius 1 is 1.35 bits per heavy atom. The predicted molar refractivity (Wildman–Crippen MR) is 120 cm³/mol. The molecule has 0 unspecified atom stereocenters. The van der Waals surface area contributed by atoms with Crippen LogP contribution < -0.4 is 5.56 Å². The van der Waals surface area contributed by atoms with E-state index < -0.39 is 12.1 Å². The van der Waals surface area contributed by atoms with Gasteiger partial charge in [-0.2, -0.15) is 0 Å². The lowest BCUT2D eigenvalue weighted by Crippen LogP contribution is -2.36. The highest BCUT2D eigenvalue weighted by molar-refractivity contribution is 7.10. The second-order valence-corrected chi connectivity index (χ2v) is 8.96. The van der Waals surface area contributed by atoms with Crippen LogP contribution in [0.25, 0.3) is 10.9 Å². The Hall–Kier alpha value is -2.55. The molecule has 1 fully saturated rings. The monoisotopic (exact) mass is 441 g/mol. The van der Waals surface area contributed by atoms with Crippen molar-refractivity contribution >= 4 is 28.2 Å². The largest absolute Gasteiger partial charge is 0.465 e. The summed E-state index contributed by atoms with van der Waals surface area (Å²) in [6, 6.07) is 8.91. The van der Waals surface area contributed by atoms with Crippen LogP contribution in [0.1, 0.15) is 59.3 Å². The number of hydrogen-bond donors (Lipinski definition) is 2. The molecule has 2 aromatic heterocycles. The summed E-state index contributed by atoms with van der Waals surface area (Å²) >= 11 is 1.57. The Balaban J connectivity index is 1.58. The minimum Gasteiger partial charge on any atom is -0.465 e. The number of rotatable bonds is 6. The van der Waals surface area contributed by atoms with Gasteiger partial charge in [0.1, 0.15) is 5.82 Å². The van der Waals surface area contributed by atoms with Gasteiger partial charge < -0.3 is 14.8 Å². The molecule has 0 bridgehead atoms. The molecule has 1 saturated heterocycles. The number of benzene rings is 1. The second kappa shape index (κ2) is 9.72. The van der Waals surface area contributed by atoms with Crippen LogP contribution in [0.5, 0.6) is 0 Å². The molecule has 8 heteroatoms. The van der Waals surface area contributed by atoms with E-state index in [2.05, 4.69) is 14.9 Å². The Labute approximate surface area is 184 Å². The summed E-state index contributed by atoms with van der Waals surface area (Å²) in [7, 11) is 1.33. The number of thiophene rings is 1. The maximum atomic E-state index is 12.6. The number of nitrogens with one attached hydrogen (secondary N) is 1.